The van der Waals surface area contributed by atoms with E-state index in [0.717, 1.165) is 6.42 Å². The number of hydrogen-bond donors (Lipinski definition) is 1. The summed E-state index contributed by atoms with van der Waals surface area (Å²) in [4.78, 5) is 43.2. The zero-order valence-electron chi connectivity index (χ0n) is 18.6. The van der Waals surface area contributed by atoms with Crippen molar-refractivity contribution >= 4 is 23.4 Å². The molecule has 0 spiro atoms. The smallest absolute Gasteiger partial charge is 0.234 e. The van der Waals surface area contributed by atoms with E-state index in [1.54, 1.807) is 37.3 Å². The number of rotatable bonds is 8. The van der Waals surface area contributed by atoms with Gasteiger partial charge < -0.3 is 24.6 Å². The Kier molecular flexibility index (Phi) is 7.73. The molecule has 170 valence electrons. The molecule has 9 heteroatoms. The van der Waals surface area contributed by atoms with Crippen LogP contribution in [0.15, 0.2) is 18.2 Å². The van der Waals surface area contributed by atoms with Crippen LogP contribution in [0.5, 0.6) is 11.5 Å². The van der Waals surface area contributed by atoms with Crippen LogP contribution >= 0.6 is 0 Å². The fourth-order valence-electron chi connectivity index (χ4n) is 4.02. The summed E-state index contributed by atoms with van der Waals surface area (Å²) in [6.07, 6.45) is 1.09. The van der Waals surface area contributed by atoms with Crippen LogP contribution in [0, 0.1) is 5.92 Å². The van der Waals surface area contributed by atoms with Gasteiger partial charge in [-0.05, 0) is 18.6 Å². The largest absolute Gasteiger partial charge is 0.497 e. The zero-order chi connectivity index (χ0) is 22.4. The van der Waals surface area contributed by atoms with Crippen LogP contribution in [0.1, 0.15) is 19.8 Å². The molecule has 1 aromatic rings. The Morgan fingerprint density at radius 3 is 2.52 bits per heavy atom. The molecular formula is C22H32N4O5. The number of anilines is 1. The second-order valence-electron chi connectivity index (χ2n) is 7.89. The number of ether oxygens (including phenoxy) is 2. The van der Waals surface area contributed by atoms with Crippen LogP contribution in [0.25, 0.3) is 0 Å². The van der Waals surface area contributed by atoms with Gasteiger partial charge in [0.05, 0.1) is 32.4 Å². The molecule has 1 N–H and O–H groups in total. The third kappa shape index (κ3) is 5.46. The zero-order valence-corrected chi connectivity index (χ0v) is 18.6. The van der Waals surface area contributed by atoms with Gasteiger partial charge >= 0.3 is 0 Å². The Bertz CT molecular complexity index is 807. The highest BCUT2D eigenvalue weighted by molar-refractivity contribution is 6.01. The van der Waals surface area contributed by atoms with Gasteiger partial charge in [-0.15, -0.1) is 0 Å². The Hall–Kier alpha value is -2.81. The van der Waals surface area contributed by atoms with Crippen molar-refractivity contribution in [3.63, 3.8) is 0 Å². The fraction of sp³-hybridized carbons (Fsp3) is 0.591. The summed E-state index contributed by atoms with van der Waals surface area (Å²) in [6.45, 7) is 5.80. The lowest BCUT2D eigenvalue weighted by molar-refractivity contribution is -0.137. The normalized spacial score (nSPS) is 19.5. The molecular weight excluding hydrogens is 400 g/mol. The fourth-order valence-corrected chi connectivity index (χ4v) is 4.02. The predicted molar refractivity (Wildman–Crippen MR) is 116 cm³/mol. The maximum Gasteiger partial charge on any atom is 0.234 e. The summed E-state index contributed by atoms with van der Waals surface area (Å²) in [6, 6.07) is 5.28. The van der Waals surface area contributed by atoms with Crippen LogP contribution in [-0.2, 0) is 14.4 Å². The maximum absolute atomic E-state index is 13.1. The van der Waals surface area contributed by atoms with Gasteiger partial charge in [0.2, 0.25) is 17.7 Å². The second kappa shape index (κ2) is 10.5. The van der Waals surface area contributed by atoms with Crippen molar-refractivity contribution in [2.24, 2.45) is 5.92 Å². The van der Waals surface area contributed by atoms with E-state index < -0.39 is 0 Å². The second-order valence-corrected chi connectivity index (χ2v) is 7.89. The van der Waals surface area contributed by atoms with Crippen LogP contribution in [-0.4, -0.2) is 87.6 Å². The van der Waals surface area contributed by atoms with E-state index in [2.05, 4.69) is 10.2 Å². The molecule has 0 aliphatic carbocycles. The summed E-state index contributed by atoms with van der Waals surface area (Å²) in [5.41, 5.74) is 0.616. The molecule has 0 radical (unpaired) electrons. The molecule has 2 heterocycles. The van der Waals surface area contributed by atoms with E-state index in [4.69, 9.17) is 9.47 Å². The van der Waals surface area contributed by atoms with Gasteiger partial charge in [0, 0.05) is 51.8 Å². The number of nitrogens with zero attached hydrogens (tertiary/aromatic N) is 3. The van der Waals surface area contributed by atoms with Gasteiger partial charge in [-0.25, -0.2) is 0 Å². The number of methoxy groups -OCH3 is 2. The summed E-state index contributed by atoms with van der Waals surface area (Å²) in [5.74, 6) is 0.715. The average molecular weight is 433 g/mol. The Balaban J connectivity index is 1.57. The van der Waals surface area contributed by atoms with Crippen LogP contribution in [0.2, 0.25) is 0 Å². The topological polar surface area (TPSA) is 91.4 Å². The first-order chi connectivity index (χ1) is 15.0. The summed E-state index contributed by atoms with van der Waals surface area (Å²) in [5, 5.41) is 2.88. The van der Waals surface area contributed by atoms with Crippen molar-refractivity contribution in [1.82, 2.24) is 15.1 Å². The van der Waals surface area contributed by atoms with Gasteiger partial charge in [0.1, 0.15) is 11.5 Å². The molecule has 0 saturated carbocycles. The molecule has 1 atom stereocenters. The van der Waals surface area contributed by atoms with Crippen molar-refractivity contribution in [2.45, 2.75) is 19.8 Å². The number of nitrogens with one attached hydrogen (secondary N) is 1. The molecule has 1 unspecified atom stereocenters. The van der Waals surface area contributed by atoms with Crippen LogP contribution in [0.4, 0.5) is 5.69 Å². The number of piperazine rings is 1. The Morgan fingerprint density at radius 1 is 1.13 bits per heavy atom. The van der Waals surface area contributed by atoms with Crippen LogP contribution < -0.4 is 19.7 Å². The highest BCUT2D eigenvalue weighted by Crippen LogP contribution is 2.36. The minimum Gasteiger partial charge on any atom is -0.497 e. The predicted octanol–water partition coefficient (Wildman–Crippen LogP) is 0.727. The minimum atomic E-state index is -0.386. The summed E-state index contributed by atoms with van der Waals surface area (Å²) < 4.78 is 10.7. The first-order valence-electron chi connectivity index (χ1n) is 10.8. The van der Waals surface area contributed by atoms with E-state index in [1.807, 2.05) is 11.8 Å². The third-order valence-electron chi connectivity index (χ3n) is 5.77. The molecule has 2 aliphatic rings. The number of hydrogen-bond acceptors (Lipinski definition) is 6. The van der Waals surface area contributed by atoms with E-state index in [9.17, 15) is 14.4 Å². The molecule has 1 aromatic carbocycles. The Labute approximate surface area is 183 Å². The molecule has 3 amide bonds. The molecule has 0 bridgehead atoms. The first kappa shape index (κ1) is 22.9. The molecule has 31 heavy (non-hydrogen) atoms. The molecule has 2 aliphatic heterocycles. The van der Waals surface area contributed by atoms with Gasteiger partial charge in [-0.3, -0.25) is 19.3 Å². The molecule has 3 rings (SSSR count). The monoisotopic (exact) mass is 432 g/mol. The van der Waals surface area contributed by atoms with Crippen molar-refractivity contribution in [2.75, 3.05) is 64.9 Å². The SMILES string of the molecule is CCCNC(=O)CN1CCN(C(=O)C2CC(=O)N(c3cc(OC)ccc3OC)C2)CC1. The number of benzene rings is 1. The van der Waals surface area contributed by atoms with Crippen LogP contribution in [0.3, 0.4) is 0 Å². The van der Waals surface area contributed by atoms with Gasteiger partial charge in [0.25, 0.3) is 0 Å². The highest BCUT2D eigenvalue weighted by atomic mass is 16.5. The van der Waals surface area contributed by atoms with Crippen molar-refractivity contribution in [1.29, 1.82) is 0 Å². The standard InChI is InChI=1S/C22H32N4O5/c1-4-7-23-20(27)15-24-8-10-25(11-9-24)22(29)16-12-21(28)26(14-16)18-13-17(30-2)5-6-19(18)31-3/h5-6,13,16H,4,7-12,14-15H2,1-3H3,(H,23,27). The maximum atomic E-state index is 13.1. The Morgan fingerprint density at radius 2 is 1.87 bits per heavy atom. The first-order valence-corrected chi connectivity index (χ1v) is 10.8. The van der Waals surface area contributed by atoms with Gasteiger partial charge in [-0.1, -0.05) is 6.92 Å². The average Bonchev–Trinajstić information content (AvgIpc) is 3.18. The highest BCUT2D eigenvalue weighted by Gasteiger charge is 2.39. The van der Waals surface area contributed by atoms with Crippen molar-refractivity contribution in [3.8, 4) is 11.5 Å². The molecule has 0 aromatic heterocycles. The quantitative estimate of drug-likeness (QED) is 0.651. The van der Waals surface area contributed by atoms with E-state index >= 15 is 0 Å². The molecule has 2 saturated heterocycles. The lowest BCUT2D eigenvalue weighted by Crippen LogP contribution is -2.52. The summed E-state index contributed by atoms with van der Waals surface area (Å²) in [7, 11) is 3.12. The third-order valence-corrected chi connectivity index (χ3v) is 5.77. The summed E-state index contributed by atoms with van der Waals surface area (Å²) >= 11 is 0. The number of carbonyl (C=O) groups is 3. The molecule has 9 nitrogen and oxygen atoms in total. The van der Waals surface area contributed by atoms with Gasteiger partial charge in [0.15, 0.2) is 0 Å². The minimum absolute atomic E-state index is 0.00667. The lowest BCUT2D eigenvalue weighted by atomic mass is 10.1. The lowest BCUT2D eigenvalue weighted by Gasteiger charge is -2.35. The molecule has 2 fully saturated rings. The number of amides is 3. The van der Waals surface area contributed by atoms with E-state index in [1.165, 1.54) is 0 Å². The van der Waals surface area contributed by atoms with E-state index in [0.29, 0.717) is 63.0 Å². The van der Waals surface area contributed by atoms with Crippen molar-refractivity contribution in [3.05, 3.63) is 18.2 Å². The van der Waals surface area contributed by atoms with Crippen molar-refractivity contribution < 1.29 is 23.9 Å². The van der Waals surface area contributed by atoms with Gasteiger partial charge in [-0.2, -0.15) is 0 Å². The van der Waals surface area contributed by atoms with E-state index in [-0.39, 0.29) is 30.1 Å². The number of carbonyl (C=O) groups excluding carboxylic acids is 3.